The van der Waals surface area contributed by atoms with Crippen molar-refractivity contribution in [2.24, 2.45) is 29.3 Å². The molecule has 4 fully saturated rings. The van der Waals surface area contributed by atoms with Gasteiger partial charge in [-0.05, 0) is 50.5 Å². The number of likely N-dealkylation sites (tertiary alicyclic amines) is 1. The maximum atomic E-state index is 6.09. The van der Waals surface area contributed by atoms with Crippen LogP contribution in [-0.4, -0.2) is 59.0 Å². The summed E-state index contributed by atoms with van der Waals surface area (Å²) < 4.78 is 8.00. The lowest BCUT2D eigenvalue weighted by Gasteiger charge is -2.63. The number of nitrogens with zero attached hydrogens (tertiary/aromatic N) is 4. The number of rotatable bonds is 4. The number of fused-ring (bicyclic) bond motifs is 2. The molecule has 2 aliphatic heterocycles. The molecular weight excluding hydrogens is 338 g/mol. The van der Waals surface area contributed by atoms with E-state index in [2.05, 4.69) is 28.4 Å². The highest BCUT2D eigenvalue weighted by Gasteiger charge is 2.66. The predicted octanol–water partition coefficient (Wildman–Crippen LogP) is 2.21. The van der Waals surface area contributed by atoms with E-state index >= 15 is 0 Å². The minimum Gasteiger partial charge on any atom is -0.377 e. The zero-order valence-corrected chi connectivity index (χ0v) is 16.7. The number of hydrogen-bond acceptors (Lipinski definition) is 3. The van der Waals surface area contributed by atoms with Crippen LogP contribution in [0.2, 0.25) is 0 Å². The lowest BCUT2D eigenvalue weighted by molar-refractivity contribution is -0.171. The molecule has 6 heteroatoms. The molecule has 4 atom stereocenters. The van der Waals surface area contributed by atoms with E-state index < -0.39 is 0 Å². The summed E-state index contributed by atoms with van der Waals surface area (Å²) in [6.07, 6.45) is 12.3. The molecule has 0 aromatic carbocycles. The number of nitrogens with one attached hydrogen (secondary N) is 1. The lowest BCUT2D eigenvalue weighted by atomic mass is 9.46. The minimum atomic E-state index is 0.407. The molecule has 1 aromatic rings. The summed E-state index contributed by atoms with van der Waals surface area (Å²) >= 11 is 0. The topological polar surface area (TPSA) is 54.7 Å². The predicted molar refractivity (Wildman–Crippen MR) is 106 cm³/mol. The van der Waals surface area contributed by atoms with E-state index in [1.165, 1.54) is 37.7 Å². The third-order valence-corrected chi connectivity index (χ3v) is 7.50. The summed E-state index contributed by atoms with van der Waals surface area (Å²) in [7, 11) is 2.00. The van der Waals surface area contributed by atoms with Crippen molar-refractivity contribution in [1.82, 2.24) is 20.0 Å². The smallest absolute Gasteiger partial charge is 0.194 e. The molecule has 0 radical (unpaired) electrons. The number of aryl methyl sites for hydroxylation is 1. The quantitative estimate of drug-likeness (QED) is 0.651. The van der Waals surface area contributed by atoms with Crippen LogP contribution in [0.3, 0.4) is 0 Å². The van der Waals surface area contributed by atoms with Gasteiger partial charge in [0.05, 0.1) is 12.3 Å². The first-order valence-corrected chi connectivity index (χ1v) is 10.8. The molecule has 3 heterocycles. The van der Waals surface area contributed by atoms with E-state index in [4.69, 9.17) is 9.73 Å². The maximum Gasteiger partial charge on any atom is 0.194 e. The van der Waals surface area contributed by atoms with Crippen molar-refractivity contribution in [3.05, 3.63) is 18.0 Å². The Balaban J connectivity index is 1.24. The van der Waals surface area contributed by atoms with Gasteiger partial charge in [0, 0.05) is 56.9 Å². The van der Waals surface area contributed by atoms with Crippen molar-refractivity contribution in [2.75, 3.05) is 26.2 Å². The summed E-state index contributed by atoms with van der Waals surface area (Å²) in [6.45, 7) is 6.15. The van der Waals surface area contributed by atoms with Crippen molar-refractivity contribution >= 4 is 5.96 Å². The second kappa shape index (κ2) is 6.80. The highest BCUT2D eigenvalue weighted by atomic mass is 16.5. The zero-order chi connectivity index (χ0) is 18.4. The van der Waals surface area contributed by atoms with Crippen molar-refractivity contribution in [3.63, 3.8) is 0 Å². The Morgan fingerprint density at radius 1 is 1.41 bits per heavy atom. The maximum absolute atomic E-state index is 6.09. The van der Waals surface area contributed by atoms with Crippen molar-refractivity contribution in [2.45, 2.75) is 57.6 Å². The largest absolute Gasteiger partial charge is 0.377 e. The van der Waals surface area contributed by atoms with Gasteiger partial charge in [-0.3, -0.25) is 9.67 Å². The monoisotopic (exact) mass is 371 g/mol. The second-order valence-corrected chi connectivity index (χ2v) is 9.08. The van der Waals surface area contributed by atoms with E-state index in [0.29, 0.717) is 29.4 Å². The van der Waals surface area contributed by atoms with Crippen LogP contribution in [0, 0.1) is 17.3 Å². The minimum absolute atomic E-state index is 0.407. The zero-order valence-electron chi connectivity index (χ0n) is 16.7. The molecule has 148 valence electrons. The Hall–Kier alpha value is -1.56. The number of aliphatic imine (C=N–C) groups is 1. The highest BCUT2D eigenvalue weighted by Crippen LogP contribution is 2.62. The molecule has 0 amide bonds. The van der Waals surface area contributed by atoms with Gasteiger partial charge in [-0.1, -0.05) is 6.42 Å². The molecule has 0 bridgehead atoms. The molecule has 1 N–H and O–H groups in total. The van der Waals surface area contributed by atoms with Gasteiger partial charge < -0.3 is 15.0 Å². The van der Waals surface area contributed by atoms with Crippen molar-refractivity contribution in [3.8, 4) is 0 Å². The Bertz CT molecular complexity index is 709. The number of hydrogen-bond donors (Lipinski definition) is 1. The fourth-order valence-corrected chi connectivity index (χ4v) is 6.08. The second-order valence-electron chi connectivity index (χ2n) is 9.08. The molecule has 2 saturated carbocycles. The normalized spacial score (nSPS) is 34.4. The van der Waals surface area contributed by atoms with Gasteiger partial charge in [0.1, 0.15) is 0 Å². The standard InChI is InChI=1S/C21H33N5O/c1-3-22-20(24-18-17-6-10-27-19(17)21(18)7-4-8-21)26-9-5-15(14-26)11-16-12-23-25(2)13-16/h12-13,15,17-19H,3-11,14H2,1-2H3,(H,22,24). The van der Waals surface area contributed by atoms with E-state index in [0.717, 1.165) is 38.6 Å². The molecule has 5 rings (SSSR count). The Morgan fingerprint density at radius 2 is 2.30 bits per heavy atom. The molecule has 4 aliphatic rings. The molecule has 1 spiro atoms. The van der Waals surface area contributed by atoms with Crippen LogP contribution in [0.1, 0.15) is 44.6 Å². The van der Waals surface area contributed by atoms with Crippen LogP contribution >= 0.6 is 0 Å². The van der Waals surface area contributed by atoms with Crippen LogP contribution < -0.4 is 5.32 Å². The van der Waals surface area contributed by atoms with Crippen LogP contribution in [0.25, 0.3) is 0 Å². The third-order valence-electron chi connectivity index (χ3n) is 7.50. The third kappa shape index (κ3) is 2.87. The highest BCUT2D eigenvalue weighted by molar-refractivity contribution is 5.81. The molecule has 6 nitrogen and oxygen atoms in total. The van der Waals surface area contributed by atoms with Crippen LogP contribution in [0.4, 0.5) is 0 Å². The number of ether oxygens (including phenoxy) is 1. The van der Waals surface area contributed by atoms with Gasteiger partial charge in [0.25, 0.3) is 0 Å². The molecule has 1 aromatic heterocycles. The summed E-state index contributed by atoms with van der Waals surface area (Å²) in [6, 6.07) is 0.571. The van der Waals surface area contributed by atoms with Gasteiger partial charge in [-0.25, -0.2) is 0 Å². The van der Waals surface area contributed by atoms with Gasteiger partial charge in [0.15, 0.2) is 5.96 Å². The van der Waals surface area contributed by atoms with E-state index in [1.807, 2.05) is 17.9 Å². The Morgan fingerprint density at radius 3 is 3.00 bits per heavy atom. The summed E-state index contributed by atoms with van der Waals surface area (Å²) in [4.78, 5) is 7.39. The van der Waals surface area contributed by atoms with Crippen LogP contribution in [0.15, 0.2) is 17.4 Å². The Kier molecular flexibility index (Phi) is 4.42. The lowest BCUT2D eigenvalue weighted by Crippen LogP contribution is -2.72. The SMILES string of the molecule is CCN=C(NC1C2CCOC2C12CCC2)N1CCC(Cc2cnn(C)c2)C1. The summed E-state index contributed by atoms with van der Waals surface area (Å²) in [5, 5.41) is 8.25. The molecular formula is C21H33N5O. The molecule has 27 heavy (non-hydrogen) atoms. The van der Waals surface area contributed by atoms with Crippen molar-refractivity contribution < 1.29 is 4.74 Å². The van der Waals surface area contributed by atoms with Crippen molar-refractivity contribution in [1.29, 1.82) is 0 Å². The van der Waals surface area contributed by atoms with Gasteiger partial charge in [-0.2, -0.15) is 5.10 Å². The van der Waals surface area contributed by atoms with Gasteiger partial charge in [-0.15, -0.1) is 0 Å². The van der Waals surface area contributed by atoms with Crippen LogP contribution in [0.5, 0.6) is 0 Å². The van der Waals surface area contributed by atoms with E-state index in [9.17, 15) is 0 Å². The number of guanidine groups is 1. The first kappa shape index (κ1) is 17.5. The molecule has 2 aliphatic carbocycles. The van der Waals surface area contributed by atoms with E-state index in [1.54, 1.807) is 0 Å². The van der Waals surface area contributed by atoms with Gasteiger partial charge >= 0.3 is 0 Å². The first-order valence-electron chi connectivity index (χ1n) is 10.8. The fraction of sp³-hybridized carbons (Fsp3) is 0.810. The van der Waals surface area contributed by atoms with E-state index in [-0.39, 0.29) is 0 Å². The average molecular weight is 372 g/mol. The first-order chi connectivity index (χ1) is 13.2. The fourth-order valence-electron chi connectivity index (χ4n) is 6.08. The number of aromatic nitrogens is 2. The van der Waals surface area contributed by atoms with Gasteiger partial charge in [0.2, 0.25) is 0 Å². The summed E-state index contributed by atoms with van der Waals surface area (Å²) in [5.41, 5.74) is 1.76. The molecule has 4 unspecified atom stereocenters. The summed E-state index contributed by atoms with van der Waals surface area (Å²) in [5.74, 6) is 2.54. The average Bonchev–Trinajstić information content (AvgIpc) is 3.32. The molecule has 2 saturated heterocycles. The Labute approximate surface area is 162 Å². The van der Waals surface area contributed by atoms with Crippen LogP contribution in [-0.2, 0) is 18.2 Å².